The van der Waals surface area contributed by atoms with Crippen molar-refractivity contribution < 1.29 is 14.3 Å². The minimum atomic E-state index is -0.461. The molecule has 6 nitrogen and oxygen atoms in total. The number of para-hydroxylation sites is 1. The highest BCUT2D eigenvalue weighted by Gasteiger charge is 2.19. The summed E-state index contributed by atoms with van der Waals surface area (Å²) >= 11 is 0. The van der Waals surface area contributed by atoms with Crippen molar-refractivity contribution in [3.63, 3.8) is 0 Å². The molecule has 1 amide bonds. The van der Waals surface area contributed by atoms with Gasteiger partial charge in [0.2, 0.25) is 0 Å². The van der Waals surface area contributed by atoms with E-state index in [1.807, 2.05) is 6.07 Å². The molecule has 1 aliphatic rings. The van der Waals surface area contributed by atoms with Crippen LogP contribution in [0.5, 0.6) is 0 Å². The van der Waals surface area contributed by atoms with Crippen LogP contribution in [0.25, 0.3) is 0 Å². The molecule has 6 heteroatoms. The minimum absolute atomic E-state index is 0.277. The fourth-order valence-corrected chi connectivity index (χ4v) is 3.33. The fraction of sp³-hybridized carbons (Fsp3) is 0.381. The highest BCUT2D eigenvalue weighted by molar-refractivity contribution is 6.07. The number of pyridine rings is 1. The third kappa shape index (κ3) is 4.64. The number of benzene rings is 1. The number of amides is 1. The smallest absolute Gasteiger partial charge is 0.340 e. The standard InChI is InChI=1S/C21H25N3O3/c1-3-27-21(26)17-8-4-5-9-18(17)23-20(25)19-13-16(10-11-22-19)24-12-6-7-15(2)14-24/h4-5,8-11,13,15H,3,6-7,12,14H2,1-2H3,(H,23,25). The van der Waals surface area contributed by atoms with E-state index in [1.165, 1.54) is 6.42 Å². The highest BCUT2D eigenvalue weighted by atomic mass is 16.5. The van der Waals surface area contributed by atoms with Crippen LogP contribution < -0.4 is 10.2 Å². The number of carbonyl (C=O) groups is 2. The third-order valence-corrected chi connectivity index (χ3v) is 4.67. The minimum Gasteiger partial charge on any atom is -0.462 e. The summed E-state index contributed by atoms with van der Waals surface area (Å²) in [7, 11) is 0. The molecular weight excluding hydrogens is 342 g/mol. The molecule has 0 radical (unpaired) electrons. The molecule has 0 spiro atoms. The summed E-state index contributed by atoms with van der Waals surface area (Å²) < 4.78 is 5.05. The lowest BCUT2D eigenvalue weighted by Crippen LogP contribution is -2.34. The Hall–Kier alpha value is -2.89. The Morgan fingerprint density at radius 2 is 2.11 bits per heavy atom. The molecule has 1 aromatic carbocycles. The molecule has 1 aliphatic heterocycles. The SMILES string of the molecule is CCOC(=O)c1ccccc1NC(=O)c1cc(N2CCCC(C)C2)ccn1. The zero-order chi connectivity index (χ0) is 19.2. The van der Waals surface area contributed by atoms with Crippen molar-refractivity contribution in [2.75, 3.05) is 29.9 Å². The second kappa shape index (κ2) is 8.66. The average Bonchev–Trinajstić information content (AvgIpc) is 2.68. The molecule has 3 rings (SSSR count). The van der Waals surface area contributed by atoms with Crippen molar-refractivity contribution in [2.24, 2.45) is 5.92 Å². The van der Waals surface area contributed by atoms with Crippen LogP contribution in [0.4, 0.5) is 11.4 Å². The van der Waals surface area contributed by atoms with Gasteiger partial charge in [-0.05, 0) is 49.9 Å². The molecule has 0 bridgehead atoms. The number of ether oxygens (including phenoxy) is 1. The lowest BCUT2D eigenvalue weighted by atomic mass is 10.00. The van der Waals surface area contributed by atoms with Crippen LogP contribution in [-0.4, -0.2) is 36.6 Å². The largest absolute Gasteiger partial charge is 0.462 e. The van der Waals surface area contributed by atoms with Gasteiger partial charge >= 0.3 is 5.97 Å². The molecule has 142 valence electrons. The van der Waals surface area contributed by atoms with E-state index in [0.717, 1.165) is 25.2 Å². The number of rotatable bonds is 5. The van der Waals surface area contributed by atoms with Crippen molar-refractivity contribution >= 4 is 23.3 Å². The average molecular weight is 367 g/mol. The molecule has 1 atom stereocenters. The normalized spacial score (nSPS) is 16.7. The molecule has 0 saturated carbocycles. The van der Waals surface area contributed by atoms with Gasteiger partial charge in [-0.3, -0.25) is 9.78 Å². The maximum Gasteiger partial charge on any atom is 0.340 e. The Morgan fingerprint density at radius 3 is 2.89 bits per heavy atom. The number of aromatic nitrogens is 1. The van der Waals surface area contributed by atoms with Crippen LogP contribution in [0.15, 0.2) is 42.6 Å². The molecule has 2 aromatic rings. The number of anilines is 2. The number of carbonyl (C=O) groups excluding carboxylic acids is 2. The first-order valence-corrected chi connectivity index (χ1v) is 9.37. The number of hydrogen-bond acceptors (Lipinski definition) is 5. The summed E-state index contributed by atoms with van der Waals surface area (Å²) in [6, 6.07) is 10.5. The van der Waals surface area contributed by atoms with Gasteiger partial charge in [0, 0.05) is 25.0 Å². The Kier molecular flexibility index (Phi) is 6.06. The summed E-state index contributed by atoms with van der Waals surface area (Å²) in [5.41, 5.74) is 2.07. The first-order valence-electron chi connectivity index (χ1n) is 9.37. The molecule has 1 saturated heterocycles. The monoisotopic (exact) mass is 367 g/mol. The van der Waals surface area contributed by atoms with Crippen LogP contribution >= 0.6 is 0 Å². The maximum atomic E-state index is 12.7. The maximum absolute atomic E-state index is 12.7. The fourth-order valence-electron chi connectivity index (χ4n) is 3.33. The van der Waals surface area contributed by atoms with Crippen LogP contribution in [0.3, 0.4) is 0 Å². The van der Waals surface area contributed by atoms with Gasteiger partial charge < -0.3 is 15.0 Å². The van der Waals surface area contributed by atoms with Gasteiger partial charge in [-0.2, -0.15) is 0 Å². The molecule has 0 aliphatic carbocycles. The Balaban J connectivity index is 1.77. The number of piperidine rings is 1. The van der Waals surface area contributed by atoms with Crippen LogP contribution in [0.1, 0.15) is 47.5 Å². The van der Waals surface area contributed by atoms with E-state index < -0.39 is 5.97 Å². The third-order valence-electron chi connectivity index (χ3n) is 4.67. The van der Waals surface area contributed by atoms with E-state index in [-0.39, 0.29) is 12.5 Å². The number of esters is 1. The van der Waals surface area contributed by atoms with Crippen molar-refractivity contribution in [3.05, 3.63) is 53.9 Å². The summed E-state index contributed by atoms with van der Waals surface area (Å²) in [4.78, 5) is 31.3. The van der Waals surface area contributed by atoms with E-state index >= 15 is 0 Å². The second-order valence-electron chi connectivity index (χ2n) is 6.81. The topological polar surface area (TPSA) is 71.5 Å². The number of nitrogens with zero attached hydrogens (tertiary/aromatic N) is 2. The molecule has 1 aromatic heterocycles. The van der Waals surface area contributed by atoms with E-state index in [0.29, 0.717) is 22.9 Å². The molecule has 1 fully saturated rings. The lowest BCUT2D eigenvalue weighted by molar-refractivity contribution is 0.0527. The number of hydrogen-bond donors (Lipinski definition) is 1. The summed E-state index contributed by atoms with van der Waals surface area (Å²) in [5.74, 6) is -0.170. The first-order chi connectivity index (χ1) is 13.1. The van der Waals surface area contributed by atoms with Crippen LogP contribution in [0.2, 0.25) is 0 Å². The predicted octanol–water partition coefficient (Wildman–Crippen LogP) is 3.75. The van der Waals surface area contributed by atoms with Gasteiger partial charge in [0.05, 0.1) is 17.9 Å². The van der Waals surface area contributed by atoms with E-state index in [4.69, 9.17) is 4.74 Å². The predicted molar refractivity (Wildman–Crippen MR) is 105 cm³/mol. The molecule has 2 heterocycles. The zero-order valence-corrected chi connectivity index (χ0v) is 15.8. The van der Waals surface area contributed by atoms with E-state index in [2.05, 4.69) is 22.1 Å². The van der Waals surface area contributed by atoms with E-state index in [1.54, 1.807) is 43.5 Å². The van der Waals surface area contributed by atoms with Crippen molar-refractivity contribution in [1.29, 1.82) is 0 Å². The van der Waals surface area contributed by atoms with Gasteiger partial charge in [0.15, 0.2) is 0 Å². The lowest BCUT2D eigenvalue weighted by Gasteiger charge is -2.32. The summed E-state index contributed by atoms with van der Waals surface area (Å²) in [6.07, 6.45) is 4.04. The Labute approximate surface area is 159 Å². The van der Waals surface area contributed by atoms with E-state index in [9.17, 15) is 9.59 Å². The highest BCUT2D eigenvalue weighted by Crippen LogP contribution is 2.23. The van der Waals surface area contributed by atoms with Crippen LogP contribution in [0, 0.1) is 5.92 Å². The van der Waals surface area contributed by atoms with Gasteiger partial charge in [0.1, 0.15) is 5.69 Å². The van der Waals surface area contributed by atoms with Gasteiger partial charge in [-0.15, -0.1) is 0 Å². The van der Waals surface area contributed by atoms with Crippen molar-refractivity contribution in [3.8, 4) is 0 Å². The quantitative estimate of drug-likeness (QED) is 0.815. The second-order valence-corrected chi connectivity index (χ2v) is 6.81. The van der Waals surface area contributed by atoms with Gasteiger partial charge in [-0.25, -0.2) is 4.79 Å². The molecular formula is C21H25N3O3. The van der Waals surface area contributed by atoms with Gasteiger partial charge in [0.25, 0.3) is 5.91 Å². The van der Waals surface area contributed by atoms with Crippen molar-refractivity contribution in [2.45, 2.75) is 26.7 Å². The summed E-state index contributed by atoms with van der Waals surface area (Å²) in [5, 5.41) is 2.78. The first kappa shape index (κ1) is 18.9. The molecule has 1 N–H and O–H groups in total. The zero-order valence-electron chi connectivity index (χ0n) is 15.8. The molecule has 27 heavy (non-hydrogen) atoms. The Morgan fingerprint density at radius 1 is 1.30 bits per heavy atom. The summed E-state index contributed by atoms with van der Waals surface area (Å²) in [6.45, 7) is 6.24. The van der Waals surface area contributed by atoms with Crippen molar-refractivity contribution in [1.82, 2.24) is 4.98 Å². The number of nitrogens with one attached hydrogen (secondary N) is 1. The molecule has 1 unspecified atom stereocenters. The van der Waals surface area contributed by atoms with Crippen LogP contribution in [-0.2, 0) is 4.74 Å². The Bertz CT molecular complexity index is 822. The van der Waals surface area contributed by atoms with Gasteiger partial charge in [-0.1, -0.05) is 19.1 Å².